The molecule has 1 saturated heterocycles. The standard InChI is InChI=1S/C27H23Cl2NO4S/c1-17-7-8-18(2)24(13-17)33-12-11-30-26(31)25(35-27(30)32)15-19-9-10-23(22(29)14-19)34-16-20-5-3-4-6-21(20)28/h3-10,13-15H,11-12,16H2,1-2H3/b25-15-. The Morgan fingerprint density at radius 2 is 1.71 bits per heavy atom. The summed E-state index contributed by atoms with van der Waals surface area (Å²) >= 11 is 13.5. The molecule has 0 unspecified atom stereocenters. The summed E-state index contributed by atoms with van der Waals surface area (Å²) in [5.74, 6) is 0.902. The fraction of sp³-hybridized carbons (Fsp3) is 0.185. The topological polar surface area (TPSA) is 55.8 Å². The first-order valence-corrected chi connectivity index (χ1v) is 12.5. The third-order valence-electron chi connectivity index (χ3n) is 5.38. The lowest BCUT2D eigenvalue weighted by atomic mass is 10.1. The minimum Gasteiger partial charge on any atom is -0.491 e. The van der Waals surface area contributed by atoms with Crippen molar-refractivity contribution in [3.63, 3.8) is 0 Å². The van der Waals surface area contributed by atoms with E-state index in [9.17, 15) is 9.59 Å². The maximum absolute atomic E-state index is 12.8. The van der Waals surface area contributed by atoms with E-state index in [1.54, 1.807) is 30.3 Å². The quantitative estimate of drug-likeness (QED) is 0.287. The molecule has 180 valence electrons. The van der Waals surface area contributed by atoms with Gasteiger partial charge < -0.3 is 9.47 Å². The Morgan fingerprint density at radius 1 is 0.914 bits per heavy atom. The Kier molecular flexibility index (Phi) is 8.06. The van der Waals surface area contributed by atoms with Crippen molar-refractivity contribution in [3.05, 3.63) is 97.9 Å². The normalized spacial score (nSPS) is 14.6. The molecule has 0 atom stereocenters. The zero-order valence-electron chi connectivity index (χ0n) is 19.2. The van der Waals surface area contributed by atoms with Crippen LogP contribution in [0.4, 0.5) is 4.79 Å². The van der Waals surface area contributed by atoms with Crippen LogP contribution in [0.1, 0.15) is 22.3 Å². The van der Waals surface area contributed by atoms with Crippen LogP contribution >= 0.6 is 35.0 Å². The van der Waals surface area contributed by atoms with Crippen molar-refractivity contribution in [1.82, 2.24) is 4.90 Å². The van der Waals surface area contributed by atoms with Crippen LogP contribution < -0.4 is 9.47 Å². The predicted molar refractivity (Wildman–Crippen MR) is 141 cm³/mol. The van der Waals surface area contributed by atoms with Crippen molar-refractivity contribution in [2.45, 2.75) is 20.5 Å². The molecule has 3 aromatic rings. The van der Waals surface area contributed by atoms with Gasteiger partial charge in [-0.3, -0.25) is 14.5 Å². The van der Waals surface area contributed by atoms with Crippen LogP contribution in [0.5, 0.6) is 11.5 Å². The number of carbonyl (C=O) groups is 2. The maximum Gasteiger partial charge on any atom is 0.293 e. The second-order valence-electron chi connectivity index (χ2n) is 8.02. The fourth-order valence-electron chi connectivity index (χ4n) is 3.45. The number of ether oxygens (including phenoxy) is 2. The lowest BCUT2D eigenvalue weighted by Gasteiger charge is -2.14. The molecule has 1 aliphatic heterocycles. The van der Waals surface area contributed by atoms with Gasteiger partial charge in [-0.15, -0.1) is 0 Å². The molecule has 4 rings (SSSR count). The van der Waals surface area contributed by atoms with Crippen LogP contribution in [0.2, 0.25) is 10.0 Å². The van der Waals surface area contributed by atoms with Crippen LogP contribution in [-0.4, -0.2) is 29.2 Å². The summed E-state index contributed by atoms with van der Waals surface area (Å²) < 4.78 is 11.6. The lowest BCUT2D eigenvalue weighted by Crippen LogP contribution is -2.32. The molecule has 35 heavy (non-hydrogen) atoms. The number of nitrogens with zero attached hydrogens (tertiary/aromatic N) is 1. The molecule has 0 radical (unpaired) electrons. The van der Waals surface area contributed by atoms with Crippen molar-refractivity contribution in [2.75, 3.05) is 13.2 Å². The van der Waals surface area contributed by atoms with Gasteiger partial charge in [0.2, 0.25) is 0 Å². The Hall–Kier alpha value is -2.93. The molecule has 1 heterocycles. The van der Waals surface area contributed by atoms with Crippen LogP contribution in [0.3, 0.4) is 0 Å². The molecule has 1 fully saturated rings. The minimum atomic E-state index is -0.347. The Balaban J connectivity index is 1.38. The van der Waals surface area contributed by atoms with E-state index in [-0.39, 0.29) is 30.9 Å². The lowest BCUT2D eigenvalue weighted by molar-refractivity contribution is -0.123. The highest BCUT2D eigenvalue weighted by atomic mass is 35.5. The monoisotopic (exact) mass is 527 g/mol. The van der Waals surface area contributed by atoms with E-state index in [1.165, 1.54) is 4.90 Å². The van der Waals surface area contributed by atoms with Crippen molar-refractivity contribution in [3.8, 4) is 11.5 Å². The Labute approximate surface area is 218 Å². The SMILES string of the molecule is Cc1ccc(C)c(OCCN2C(=O)S/C(=C\c3ccc(OCc4ccccc4Cl)c(Cl)c3)C2=O)c1. The number of aryl methyl sites for hydroxylation is 2. The number of thioether (sulfide) groups is 1. The van der Waals surface area contributed by atoms with Crippen LogP contribution in [-0.2, 0) is 11.4 Å². The number of benzene rings is 3. The average molecular weight is 528 g/mol. The van der Waals surface area contributed by atoms with Gasteiger partial charge in [-0.25, -0.2) is 0 Å². The zero-order valence-corrected chi connectivity index (χ0v) is 21.5. The second kappa shape index (κ2) is 11.2. The summed E-state index contributed by atoms with van der Waals surface area (Å²) in [5.41, 5.74) is 3.63. The summed E-state index contributed by atoms with van der Waals surface area (Å²) in [6.45, 7) is 4.61. The van der Waals surface area contributed by atoms with Gasteiger partial charge >= 0.3 is 0 Å². The van der Waals surface area contributed by atoms with Gasteiger partial charge in [0.15, 0.2) is 0 Å². The number of hydrogen-bond donors (Lipinski definition) is 0. The number of imide groups is 1. The van der Waals surface area contributed by atoms with Gasteiger partial charge in [0.1, 0.15) is 24.7 Å². The van der Waals surface area contributed by atoms with Crippen molar-refractivity contribution < 1.29 is 19.1 Å². The van der Waals surface area contributed by atoms with Gasteiger partial charge in [0, 0.05) is 10.6 Å². The molecule has 0 N–H and O–H groups in total. The number of hydrogen-bond acceptors (Lipinski definition) is 5. The summed E-state index contributed by atoms with van der Waals surface area (Å²) in [7, 11) is 0. The molecule has 5 nitrogen and oxygen atoms in total. The predicted octanol–water partition coefficient (Wildman–Crippen LogP) is 7.30. The van der Waals surface area contributed by atoms with Crippen molar-refractivity contribution >= 4 is 52.2 Å². The van der Waals surface area contributed by atoms with Gasteiger partial charge in [-0.2, -0.15) is 0 Å². The van der Waals surface area contributed by atoms with Crippen LogP contribution in [0.15, 0.2) is 65.6 Å². The van der Waals surface area contributed by atoms with E-state index in [1.807, 2.05) is 50.2 Å². The minimum absolute atomic E-state index is 0.172. The molecule has 1 aliphatic rings. The van der Waals surface area contributed by atoms with Crippen molar-refractivity contribution in [2.24, 2.45) is 0 Å². The maximum atomic E-state index is 12.8. The number of rotatable bonds is 8. The molecular weight excluding hydrogens is 505 g/mol. The largest absolute Gasteiger partial charge is 0.491 e. The van der Waals surface area contributed by atoms with E-state index in [0.717, 1.165) is 34.2 Å². The highest BCUT2D eigenvalue weighted by Crippen LogP contribution is 2.34. The molecular formula is C27H23Cl2NO4S. The van der Waals surface area contributed by atoms with Gasteiger partial charge in [0.05, 0.1) is 16.5 Å². The molecule has 0 bridgehead atoms. The first kappa shape index (κ1) is 25.2. The van der Waals surface area contributed by atoms with E-state index >= 15 is 0 Å². The van der Waals surface area contributed by atoms with Gasteiger partial charge in [-0.1, -0.05) is 59.6 Å². The highest BCUT2D eigenvalue weighted by molar-refractivity contribution is 8.18. The highest BCUT2D eigenvalue weighted by Gasteiger charge is 2.34. The zero-order chi connectivity index (χ0) is 24.9. The Bertz CT molecular complexity index is 1310. The molecule has 0 aliphatic carbocycles. The summed E-state index contributed by atoms with van der Waals surface area (Å²) in [6, 6.07) is 18.6. The number of amides is 2. The first-order chi connectivity index (χ1) is 16.8. The van der Waals surface area contributed by atoms with Crippen molar-refractivity contribution in [1.29, 1.82) is 0 Å². The summed E-state index contributed by atoms with van der Waals surface area (Å²) in [5, 5.41) is 0.693. The molecule has 3 aromatic carbocycles. The third-order valence-corrected chi connectivity index (χ3v) is 6.96. The number of halogens is 2. The first-order valence-electron chi connectivity index (χ1n) is 10.9. The van der Waals surface area contributed by atoms with Gasteiger partial charge in [-0.05, 0) is 72.6 Å². The number of carbonyl (C=O) groups excluding carboxylic acids is 2. The molecule has 2 amide bonds. The molecule has 0 saturated carbocycles. The molecule has 0 spiro atoms. The van der Waals surface area contributed by atoms with Gasteiger partial charge in [0.25, 0.3) is 11.1 Å². The summed E-state index contributed by atoms with van der Waals surface area (Å²) in [4.78, 5) is 26.8. The van der Waals surface area contributed by atoms with E-state index in [0.29, 0.717) is 26.3 Å². The van der Waals surface area contributed by atoms with E-state index in [2.05, 4.69) is 0 Å². The second-order valence-corrected chi connectivity index (χ2v) is 9.83. The van der Waals surface area contributed by atoms with E-state index in [4.69, 9.17) is 32.7 Å². The molecule has 8 heteroatoms. The van der Waals surface area contributed by atoms with Crippen LogP contribution in [0, 0.1) is 13.8 Å². The third kappa shape index (κ3) is 6.20. The fourth-order valence-corrected chi connectivity index (χ4v) is 4.75. The Morgan fingerprint density at radius 3 is 2.49 bits per heavy atom. The summed E-state index contributed by atoms with van der Waals surface area (Å²) in [6.07, 6.45) is 1.65. The average Bonchev–Trinajstić information content (AvgIpc) is 3.09. The van der Waals surface area contributed by atoms with Crippen LogP contribution in [0.25, 0.3) is 6.08 Å². The molecule has 0 aromatic heterocycles. The smallest absolute Gasteiger partial charge is 0.293 e. The van der Waals surface area contributed by atoms with E-state index < -0.39 is 0 Å².